The van der Waals surface area contributed by atoms with Crippen molar-refractivity contribution in [3.63, 3.8) is 0 Å². The molecule has 0 saturated heterocycles. The quantitative estimate of drug-likeness (QED) is 0.128. The molecule has 0 N–H and O–H groups in total. The van der Waals surface area contributed by atoms with Crippen LogP contribution in [0.4, 0.5) is 0 Å². The van der Waals surface area contributed by atoms with E-state index in [4.69, 9.17) is 9.40 Å². The molecule has 257 valence electrons. The topological polar surface area (TPSA) is 56.7 Å². The Morgan fingerprint density at radius 2 is 1.46 bits per heavy atom. The van der Waals surface area contributed by atoms with E-state index >= 15 is 0 Å². The van der Waals surface area contributed by atoms with Crippen molar-refractivity contribution >= 4 is 46.4 Å². The zero-order valence-electron chi connectivity index (χ0n) is 29.4. The van der Waals surface area contributed by atoms with Gasteiger partial charge in [-0.25, -0.2) is 4.98 Å². The number of benzene rings is 5. The van der Waals surface area contributed by atoms with Gasteiger partial charge in [0.25, 0.3) is 0 Å². The Morgan fingerprint density at radius 3 is 2.23 bits per heavy atom. The number of furan rings is 1. The molecule has 0 fully saturated rings. The van der Waals surface area contributed by atoms with Crippen LogP contribution in [0.5, 0.6) is 0 Å². The molecule has 4 heterocycles. The molecular weight excluding hydrogens is 833 g/mol. The van der Waals surface area contributed by atoms with Crippen molar-refractivity contribution in [2.75, 3.05) is 0 Å². The van der Waals surface area contributed by atoms with E-state index in [0.29, 0.717) is 5.71 Å². The van der Waals surface area contributed by atoms with Crippen LogP contribution in [0.1, 0.15) is 5.69 Å². The second-order valence-electron chi connectivity index (χ2n) is 13.6. The molecule has 0 amide bonds. The number of fused-ring (bicyclic) bond motifs is 4. The van der Waals surface area contributed by atoms with Crippen LogP contribution in [0.3, 0.4) is 0 Å². The van der Waals surface area contributed by atoms with E-state index in [1.807, 2.05) is 61.7 Å². The standard InChI is InChI=1S/C31H20N3O.C14H16NSi.Ir/c1-20-15-17-24-25-19-22(16-18-29(25)35-31(24)32-20)30-33-26-12-6-8-14-28(26)34(30)27-13-7-5-11-23(27)21-9-3-2-4-10-21;1-16(2,3)13-9-10-14(15-11-13)12-7-5-4-6-8-12;/h2-15,17-19H,1H3;4-7,9-11H,1-3H3;/q2*-1;. The van der Waals surface area contributed by atoms with E-state index in [2.05, 4.69) is 137 Å². The summed E-state index contributed by atoms with van der Waals surface area (Å²) in [6.07, 6.45) is 2.02. The first-order valence-electron chi connectivity index (χ1n) is 17.1. The van der Waals surface area contributed by atoms with Gasteiger partial charge in [0.2, 0.25) is 5.71 Å². The number of hydrogen-bond donors (Lipinski definition) is 0. The Bertz CT molecular complexity index is 2630. The molecular formula is C45H36IrN4OSi-2. The van der Waals surface area contributed by atoms with Gasteiger partial charge in [0.1, 0.15) is 0 Å². The molecule has 1 radical (unpaired) electrons. The molecule has 0 aliphatic carbocycles. The van der Waals surface area contributed by atoms with Crippen molar-refractivity contribution in [1.29, 1.82) is 0 Å². The summed E-state index contributed by atoms with van der Waals surface area (Å²) in [6.45, 7) is 8.96. The van der Waals surface area contributed by atoms with Crippen molar-refractivity contribution in [3.8, 4) is 39.5 Å². The maximum atomic E-state index is 6.01. The first-order valence-corrected chi connectivity index (χ1v) is 20.6. The van der Waals surface area contributed by atoms with Crippen LogP contribution in [-0.4, -0.2) is 27.6 Å². The smallest absolute Gasteiger partial charge is 0.216 e. The van der Waals surface area contributed by atoms with Crippen molar-refractivity contribution in [2.45, 2.75) is 26.6 Å². The second-order valence-corrected chi connectivity index (χ2v) is 18.7. The number of nitrogens with zero attached hydrogens (tertiary/aromatic N) is 4. The van der Waals surface area contributed by atoms with E-state index in [1.165, 1.54) is 5.19 Å². The third-order valence-electron chi connectivity index (χ3n) is 9.06. The van der Waals surface area contributed by atoms with Gasteiger partial charge in [0, 0.05) is 48.6 Å². The molecule has 0 bridgehead atoms. The summed E-state index contributed by atoms with van der Waals surface area (Å²) in [5.41, 5.74) is 10.7. The molecule has 5 aromatic carbocycles. The summed E-state index contributed by atoms with van der Waals surface area (Å²) in [7, 11) is -1.23. The van der Waals surface area contributed by atoms with Crippen LogP contribution in [-0.2, 0) is 20.1 Å². The molecule has 0 saturated carbocycles. The molecule has 7 heteroatoms. The monoisotopic (exact) mass is 869 g/mol. The molecule has 0 aliphatic rings. The van der Waals surface area contributed by atoms with Crippen LogP contribution in [0.2, 0.25) is 19.6 Å². The molecule has 5 nitrogen and oxygen atoms in total. The zero-order chi connectivity index (χ0) is 35.0. The minimum Gasteiger partial charge on any atom is -0.486 e. The summed E-state index contributed by atoms with van der Waals surface area (Å²) in [5, 5.41) is 3.40. The Hall–Kier alpha value is -5.46. The predicted octanol–water partition coefficient (Wildman–Crippen LogP) is 10.9. The van der Waals surface area contributed by atoms with E-state index in [1.54, 1.807) is 0 Å². The molecule has 9 rings (SSSR count). The fourth-order valence-corrected chi connectivity index (χ4v) is 7.39. The molecule has 0 aliphatic heterocycles. The summed E-state index contributed by atoms with van der Waals surface area (Å²) in [5.74, 6) is 0.839. The number of pyridine rings is 2. The minimum absolute atomic E-state index is 0. The average Bonchev–Trinajstić information content (AvgIpc) is 3.73. The van der Waals surface area contributed by atoms with Crippen LogP contribution in [0.15, 0.2) is 150 Å². The van der Waals surface area contributed by atoms with Gasteiger partial charge in [-0.2, -0.15) is 0 Å². The molecule has 0 atom stereocenters. The van der Waals surface area contributed by atoms with Gasteiger partial charge in [0.15, 0.2) is 0 Å². The number of hydrogen-bond acceptors (Lipinski definition) is 4. The SMILES string of the molecule is C[Si](C)(C)c1ccc(-c2[c-]cccc2)nc1.Cc1ccc2c(n1)oc1c[c-]c(-c3nc4ccccc4n3-c3ccccc3-c3ccccc3)cc12.[Ir]. The van der Waals surface area contributed by atoms with E-state index < -0.39 is 8.07 Å². The summed E-state index contributed by atoms with van der Waals surface area (Å²) in [4.78, 5) is 14.1. The Kier molecular flexibility index (Phi) is 9.85. The molecule has 0 unspecified atom stereocenters. The molecule has 9 aromatic rings. The number of aromatic nitrogens is 4. The van der Waals surface area contributed by atoms with Crippen molar-refractivity contribution in [1.82, 2.24) is 19.5 Å². The molecule has 52 heavy (non-hydrogen) atoms. The number of rotatable bonds is 5. The van der Waals surface area contributed by atoms with Crippen molar-refractivity contribution in [2.24, 2.45) is 0 Å². The van der Waals surface area contributed by atoms with Gasteiger partial charge in [-0.05, 0) is 53.7 Å². The normalized spacial score (nSPS) is 11.3. The summed E-state index contributed by atoms with van der Waals surface area (Å²) >= 11 is 0. The van der Waals surface area contributed by atoms with Gasteiger partial charge in [-0.3, -0.25) is 4.98 Å². The van der Waals surface area contributed by atoms with E-state index in [9.17, 15) is 0 Å². The third kappa shape index (κ3) is 6.91. The van der Waals surface area contributed by atoms with Crippen LogP contribution in [0.25, 0.3) is 72.6 Å². The summed E-state index contributed by atoms with van der Waals surface area (Å²) < 4.78 is 8.24. The maximum absolute atomic E-state index is 6.01. The Labute approximate surface area is 318 Å². The number of para-hydroxylation sites is 3. The third-order valence-corrected chi connectivity index (χ3v) is 11.1. The Balaban J connectivity index is 0.000000209. The largest absolute Gasteiger partial charge is 0.486 e. The first kappa shape index (κ1) is 35.0. The fraction of sp³-hybridized carbons (Fsp3) is 0.0889. The van der Waals surface area contributed by atoms with Crippen LogP contribution >= 0.6 is 0 Å². The number of imidazole rings is 1. The first-order chi connectivity index (χ1) is 24.8. The van der Waals surface area contributed by atoms with Gasteiger partial charge in [-0.15, -0.1) is 59.7 Å². The minimum atomic E-state index is -1.23. The van der Waals surface area contributed by atoms with Gasteiger partial charge >= 0.3 is 0 Å². The van der Waals surface area contributed by atoms with E-state index in [-0.39, 0.29) is 20.1 Å². The van der Waals surface area contributed by atoms with Crippen LogP contribution in [0, 0.1) is 19.1 Å². The van der Waals surface area contributed by atoms with E-state index in [0.717, 1.165) is 72.5 Å². The maximum Gasteiger partial charge on any atom is 0.216 e. The summed E-state index contributed by atoms with van der Waals surface area (Å²) in [6, 6.07) is 54.1. The van der Waals surface area contributed by atoms with Crippen LogP contribution < -0.4 is 5.19 Å². The number of aryl methyl sites for hydroxylation is 1. The van der Waals surface area contributed by atoms with Gasteiger partial charge in [-0.1, -0.05) is 97.8 Å². The molecule has 0 spiro atoms. The fourth-order valence-electron chi connectivity index (χ4n) is 6.35. The molecule has 4 aromatic heterocycles. The van der Waals surface area contributed by atoms with Crippen molar-refractivity contribution < 1.29 is 24.5 Å². The van der Waals surface area contributed by atoms with Gasteiger partial charge < -0.3 is 14.0 Å². The second kappa shape index (κ2) is 14.6. The average molecular weight is 869 g/mol. The van der Waals surface area contributed by atoms with Gasteiger partial charge in [0.05, 0.1) is 30.5 Å². The Morgan fingerprint density at radius 1 is 0.692 bits per heavy atom. The predicted molar refractivity (Wildman–Crippen MR) is 212 cm³/mol. The van der Waals surface area contributed by atoms with Crippen molar-refractivity contribution in [3.05, 3.63) is 164 Å². The zero-order valence-corrected chi connectivity index (χ0v) is 32.8.